The second-order valence-corrected chi connectivity index (χ2v) is 5.23. The molecule has 100 valence electrons. The predicted octanol–water partition coefficient (Wildman–Crippen LogP) is 4.11. The van der Waals surface area contributed by atoms with Crippen LogP contribution >= 0.6 is 0 Å². The summed E-state index contributed by atoms with van der Waals surface area (Å²) in [7, 11) is 0. The molecule has 0 atom stereocenters. The average Bonchev–Trinajstić information content (AvgIpc) is 2.36. The Morgan fingerprint density at radius 2 is 1.58 bits per heavy atom. The summed E-state index contributed by atoms with van der Waals surface area (Å²) >= 11 is 0. The number of benzene rings is 2. The van der Waals surface area contributed by atoms with Crippen molar-refractivity contribution in [2.24, 2.45) is 0 Å². The van der Waals surface area contributed by atoms with E-state index in [2.05, 4.69) is 45.1 Å². The van der Waals surface area contributed by atoms with Gasteiger partial charge in [-0.25, -0.2) is 0 Å². The molecule has 0 spiro atoms. The molecule has 0 bridgehead atoms. The van der Waals surface area contributed by atoms with Crippen LogP contribution in [-0.2, 0) is 6.54 Å². The smallest absolute Gasteiger partial charge is 0.0407 e. The van der Waals surface area contributed by atoms with Gasteiger partial charge in [-0.05, 0) is 67.6 Å². The van der Waals surface area contributed by atoms with E-state index < -0.39 is 0 Å². The maximum atomic E-state index is 5.81. The molecule has 3 N–H and O–H groups in total. The summed E-state index contributed by atoms with van der Waals surface area (Å²) < 4.78 is 0. The quantitative estimate of drug-likeness (QED) is 0.809. The fourth-order valence-electron chi connectivity index (χ4n) is 2.38. The summed E-state index contributed by atoms with van der Waals surface area (Å²) in [5.41, 5.74) is 14.4. The highest BCUT2D eigenvalue weighted by molar-refractivity contribution is 5.62. The van der Waals surface area contributed by atoms with Crippen molar-refractivity contribution in [2.75, 3.05) is 11.1 Å². The Bertz CT molecular complexity index is 574. The van der Waals surface area contributed by atoms with Gasteiger partial charge in [0.25, 0.3) is 0 Å². The molecule has 0 heterocycles. The maximum absolute atomic E-state index is 5.81. The first-order valence-electron chi connectivity index (χ1n) is 6.64. The number of nitrogens with one attached hydrogen (secondary N) is 1. The molecule has 0 radical (unpaired) electrons. The highest BCUT2D eigenvalue weighted by atomic mass is 14.9. The number of nitrogens with two attached hydrogens (primary N) is 1. The van der Waals surface area contributed by atoms with Gasteiger partial charge in [0.2, 0.25) is 0 Å². The number of rotatable bonds is 3. The van der Waals surface area contributed by atoms with E-state index in [1.165, 1.54) is 33.5 Å². The van der Waals surface area contributed by atoms with E-state index in [1.807, 2.05) is 18.2 Å². The zero-order valence-corrected chi connectivity index (χ0v) is 12.2. The van der Waals surface area contributed by atoms with Crippen LogP contribution in [0.1, 0.15) is 27.8 Å². The minimum absolute atomic E-state index is 0.801. The molecule has 2 heteroatoms. The molecular weight excluding hydrogens is 232 g/mol. The SMILES string of the molecule is Cc1cc(C)c(C)c(NCc2cccc(N)c2)c1C. The molecule has 2 nitrogen and oxygen atoms in total. The molecule has 0 aliphatic carbocycles. The lowest BCUT2D eigenvalue weighted by molar-refractivity contribution is 1.11. The fraction of sp³-hybridized carbons (Fsp3) is 0.294. The van der Waals surface area contributed by atoms with Crippen LogP contribution in [0.3, 0.4) is 0 Å². The minimum atomic E-state index is 0.801. The van der Waals surface area contributed by atoms with Crippen molar-refractivity contribution < 1.29 is 0 Å². The molecule has 19 heavy (non-hydrogen) atoms. The molecule has 2 aromatic rings. The van der Waals surface area contributed by atoms with E-state index in [0.717, 1.165) is 12.2 Å². The molecule has 0 aliphatic rings. The van der Waals surface area contributed by atoms with Crippen molar-refractivity contribution in [3.8, 4) is 0 Å². The monoisotopic (exact) mass is 254 g/mol. The van der Waals surface area contributed by atoms with Gasteiger partial charge in [0, 0.05) is 17.9 Å². The van der Waals surface area contributed by atoms with Gasteiger partial charge >= 0.3 is 0 Å². The summed E-state index contributed by atoms with van der Waals surface area (Å²) in [5, 5.41) is 3.55. The van der Waals surface area contributed by atoms with Gasteiger partial charge in [-0.3, -0.25) is 0 Å². The second-order valence-electron chi connectivity index (χ2n) is 5.23. The standard InChI is InChI=1S/C17H22N2/c1-11-8-12(2)14(4)17(13(11)3)19-10-15-6-5-7-16(18)9-15/h5-9,19H,10,18H2,1-4H3. The average molecular weight is 254 g/mol. The van der Waals surface area contributed by atoms with Crippen LogP contribution in [-0.4, -0.2) is 0 Å². The van der Waals surface area contributed by atoms with Crippen LogP contribution in [0, 0.1) is 27.7 Å². The lowest BCUT2D eigenvalue weighted by Gasteiger charge is -2.17. The molecule has 0 aliphatic heterocycles. The van der Waals surface area contributed by atoms with Gasteiger partial charge < -0.3 is 11.1 Å². The van der Waals surface area contributed by atoms with Gasteiger partial charge in [0.05, 0.1) is 0 Å². The van der Waals surface area contributed by atoms with Gasteiger partial charge in [-0.15, -0.1) is 0 Å². The van der Waals surface area contributed by atoms with E-state index in [9.17, 15) is 0 Å². The molecule has 0 fully saturated rings. The third-order valence-electron chi connectivity index (χ3n) is 3.79. The lowest BCUT2D eigenvalue weighted by atomic mass is 9.98. The highest BCUT2D eigenvalue weighted by Gasteiger charge is 2.07. The second kappa shape index (κ2) is 5.35. The van der Waals surface area contributed by atoms with Crippen LogP contribution in [0.25, 0.3) is 0 Å². The van der Waals surface area contributed by atoms with Gasteiger partial charge in [0.15, 0.2) is 0 Å². The van der Waals surface area contributed by atoms with Gasteiger partial charge in [-0.1, -0.05) is 18.2 Å². The first kappa shape index (κ1) is 13.5. The molecule has 0 aromatic heterocycles. The van der Waals surface area contributed by atoms with Crippen molar-refractivity contribution in [2.45, 2.75) is 34.2 Å². The molecule has 0 saturated carbocycles. The van der Waals surface area contributed by atoms with Crippen molar-refractivity contribution in [3.63, 3.8) is 0 Å². The van der Waals surface area contributed by atoms with E-state index in [0.29, 0.717) is 0 Å². The summed E-state index contributed by atoms with van der Waals surface area (Å²) in [6.45, 7) is 9.46. The molecular formula is C17H22N2. The normalized spacial score (nSPS) is 10.5. The molecule has 0 saturated heterocycles. The Balaban J connectivity index is 2.25. The van der Waals surface area contributed by atoms with E-state index in [-0.39, 0.29) is 0 Å². The van der Waals surface area contributed by atoms with Gasteiger partial charge in [0.1, 0.15) is 0 Å². The Hall–Kier alpha value is -1.96. The van der Waals surface area contributed by atoms with Crippen LogP contribution in [0.4, 0.5) is 11.4 Å². The van der Waals surface area contributed by atoms with Crippen molar-refractivity contribution in [3.05, 3.63) is 58.1 Å². The third-order valence-corrected chi connectivity index (χ3v) is 3.79. The summed E-state index contributed by atoms with van der Waals surface area (Å²) in [4.78, 5) is 0. The van der Waals surface area contributed by atoms with Gasteiger partial charge in [-0.2, -0.15) is 0 Å². The maximum Gasteiger partial charge on any atom is 0.0407 e. The Morgan fingerprint density at radius 3 is 2.16 bits per heavy atom. The predicted molar refractivity (Wildman–Crippen MR) is 83.6 cm³/mol. The number of hydrogen-bond acceptors (Lipinski definition) is 2. The summed E-state index contributed by atoms with van der Waals surface area (Å²) in [6.07, 6.45) is 0. The molecule has 2 aromatic carbocycles. The largest absolute Gasteiger partial charge is 0.399 e. The fourth-order valence-corrected chi connectivity index (χ4v) is 2.38. The van der Waals surface area contributed by atoms with Crippen LogP contribution in [0.5, 0.6) is 0 Å². The first-order valence-corrected chi connectivity index (χ1v) is 6.64. The number of nitrogen functional groups attached to an aromatic ring is 1. The summed E-state index contributed by atoms with van der Waals surface area (Å²) in [5.74, 6) is 0. The molecule has 2 rings (SSSR count). The number of hydrogen-bond donors (Lipinski definition) is 2. The van der Waals surface area contributed by atoms with E-state index in [4.69, 9.17) is 5.73 Å². The zero-order valence-electron chi connectivity index (χ0n) is 12.2. The third kappa shape index (κ3) is 2.90. The van der Waals surface area contributed by atoms with Crippen molar-refractivity contribution in [1.29, 1.82) is 0 Å². The number of aryl methyl sites for hydroxylation is 2. The van der Waals surface area contributed by atoms with Crippen LogP contribution in [0.2, 0.25) is 0 Å². The first-order chi connectivity index (χ1) is 8.99. The lowest BCUT2D eigenvalue weighted by Crippen LogP contribution is -2.05. The minimum Gasteiger partial charge on any atom is -0.399 e. The number of anilines is 2. The topological polar surface area (TPSA) is 38.0 Å². The highest BCUT2D eigenvalue weighted by Crippen LogP contribution is 2.27. The Kier molecular flexibility index (Phi) is 3.79. The van der Waals surface area contributed by atoms with Crippen LogP contribution in [0.15, 0.2) is 30.3 Å². The van der Waals surface area contributed by atoms with E-state index >= 15 is 0 Å². The summed E-state index contributed by atoms with van der Waals surface area (Å²) in [6, 6.07) is 10.3. The van der Waals surface area contributed by atoms with Crippen LogP contribution < -0.4 is 11.1 Å². The zero-order chi connectivity index (χ0) is 14.0. The van der Waals surface area contributed by atoms with Crippen molar-refractivity contribution in [1.82, 2.24) is 0 Å². The molecule has 0 amide bonds. The Morgan fingerprint density at radius 1 is 0.947 bits per heavy atom. The Labute approximate surface area is 115 Å². The van der Waals surface area contributed by atoms with Crippen molar-refractivity contribution >= 4 is 11.4 Å². The molecule has 0 unspecified atom stereocenters. The van der Waals surface area contributed by atoms with E-state index in [1.54, 1.807) is 0 Å².